The molecule has 0 amide bonds. The molecule has 1 fully saturated rings. The highest BCUT2D eigenvalue weighted by Gasteiger charge is 2.44. The van der Waals surface area contributed by atoms with Crippen LogP contribution in [0.4, 0.5) is 0 Å². The molecule has 1 aliphatic rings. The summed E-state index contributed by atoms with van der Waals surface area (Å²) in [4.78, 5) is 0. The van der Waals surface area contributed by atoms with Gasteiger partial charge in [0.1, 0.15) is 5.75 Å². The monoisotopic (exact) mass is 364 g/mol. The van der Waals surface area contributed by atoms with Crippen LogP contribution < -0.4 is 4.74 Å². The van der Waals surface area contributed by atoms with Gasteiger partial charge in [0.2, 0.25) is 0 Å². The Balaban J connectivity index is 1.73. The molecular formula is C18H18BrClO. The Labute approximate surface area is 139 Å². The summed E-state index contributed by atoms with van der Waals surface area (Å²) >= 11 is 10.3. The summed E-state index contributed by atoms with van der Waals surface area (Å²) in [6, 6.07) is 16.7. The molecule has 21 heavy (non-hydrogen) atoms. The maximum Gasteiger partial charge on any atom is 0.120 e. The highest BCUT2D eigenvalue weighted by molar-refractivity contribution is 9.10. The van der Waals surface area contributed by atoms with E-state index in [1.807, 2.05) is 19.1 Å². The Morgan fingerprint density at radius 3 is 2.67 bits per heavy atom. The fourth-order valence-electron chi connectivity index (χ4n) is 2.84. The molecule has 2 aromatic rings. The van der Waals surface area contributed by atoms with Crippen molar-refractivity contribution in [3.63, 3.8) is 0 Å². The van der Waals surface area contributed by atoms with Crippen molar-refractivity contribution in [3.05, 3.63) is 64.1 Å². The molecular weight excluding hydrogens is 348 g/mol. The van der Waals surface area contributed by atoms with E-state index in [0.29, 0.717) is 18.4 Å². The van der Waals surface area contributed by atoms with E-state index in [2.05, 4.69) is 52.3 Å². The van der Waals surface area contributed by atoms with E-state index in [9.17, 15) is 0 Å². The highest BCUT2D eigenvalue weighted by Crippen LogP contribution is 2.57. The first-order valence-corrected chi connectivity index (χ1v) is 8.55. The van der Waals surface area contributed by atoms with Gasteiger partial charge in [0, 0.05) is 4.47 Å². The summed E-state index contributed by atoms with van der Waals surface area (Å²) < 4.78 is 6.55. The molecule has 1 nitrogen and oxygen atoms in total. The number of hydrogen-bond acceptors (Lipinski definition) is 1. The Hall–Kier alpha value is -0.990. The second-order valence-corrected chi connectivity index (χ2v) is 6.76. The average molecular weight is 366 g/mol. The second-order valence-electron chi connectivity index (χ2n) is 5.43. The van der Waals surface area contributed by atoms with E-state index in [-0.39, 0.29) is 5.38 Å². The first kappa shape index (κ1) is 14.9. The van der Waals surface area contributed by atoms with Gasteiger partial charge in [-0.2, -0.15) is 0 Å². The third kappa shape index (κ3) is 3.27. The summed E-state index contributed by atoms with van der Waals surface area (Å²) in [6.45, 7) is 2.66. The van der Waals surface area contributed by atoms with E-state index < -0.39 is 0 Å². The third-order valence-corrected chi connectivity index (χ3v) is 5.27. The maximum absolute atomic E-state index is 6.71. The van der Waals surface area contributed by atoms with Crippen molar-refractivity contribution in [2.45, 2.75) is 24.6 Å². The molecule has 3 unspecified atom stereocenters. The molecule has 0 radical (unpaired) electrons. The van der Waals surface area contributed by atoms with Crippen LogP contribution in [0.3, 0.4) is 0 Å². The van der Waals surface area contributed by atoms with Crippen molar-refractivity contribution < 1.29 is 4.74 Å². The van der Waals surface area contributed by atoms with Crippen LogP contribution in [0.15, 0.2) is 53.0 Å². The molecule has 3 heteroatoms. The molecule has 0 spiro atoms. The zero-order chi connectivity index (χ0) is 14.8. The van der Waals surface area contributed by atoms with Gasteiger partial charge in [0.15, 0.2) is 0 Å². The lowest BCUT2D eigenvalue weighted by molar-refractivity contribution is 0.340. The van der Waals surface area contributed by atoms with Gasteiger partial charge < -0.3 is 4.74 Å². The van der Waals surface area contributed by atoms with Gasteiger partial charge in [-0.1, -0.05) is 52.3 Å². The summed E-state index contributed by atoms with van der Waals surface area (Å²) in [6.07, 6.45) is 1.16. The molecule has 3 atom stereocenters. The molecule has 3 rings (SSSR count). The van der Waals surface area contributed by atoms with Gasteiger partial charge in [-0.25, -0.2) is 0 Å². The van der Waals surface area contributed by atoms with Crippen LogP contribution in [-0.4, -0.2) is 6.61 Å². The fraction of sp³-hybridized carbons (Fsp3) is 0.333. The zero-order valence-electron chi connectivity index (χ0n) is 11.9. The van der Waals surface area contributed by atoms with E-state index in [0.717, 1.165) is 22.2 Å². The average Bonchev–Trinajstić information content (AvgIpc) is 3.28. The van der Waals surface area contributed by atoms with Crippen LogP contribution in [0.1, 0.15) is 35.8 Å². The summed E-state index contributed by atoms with van der Waals surface area (Å²) in [5.74, 6) is 1.99. The van der Waals surface area contributed by atoms with Crippen LogP contribution >= 0.6 is 27.5 Å². The van der Waals surface area contributed by atoms with Gasteiger partial charge in [-0.15, -0.1) is 11.6 Å². The minimum absolute atomic E-state index is 0.0419. The fourth-order valence-corrected chi connectivity index (χ4v) is 4.05. The van der Waals surface area contributed by atoms with Gasteiger partial charge in [-0.05, 0) is 48.4 Å². The number of rotatable bonds is 5. The molecule has 0 N–H and O–H groups in total. The largest absolute Gasteiger partial charge is 0.494 e. The van der Waals surface area contributed by atoms with E-state index >= 15 is 0 Å². The van der Waals surface area contributed by atoms with Crippen molar-refractivity contribution in [2.75, 3.05) is 6.61 Å². The molecule has 0 aliphatic heterocycles. The molecule has 1 saturated carbocycles. The number of halogens is 2. The number of hydrogen-bond donors (Lipinski definition) is 0. The van der Waals surface area contributed by atoms with E-state index in [1.54, 1.807) is 0 Å². The van der Waals surface area contributed by atoms with Crippen LogP contribution in [0, 0.1) is 5.92 Å². The Morgan fingerprint density at radius 1 is 1.24 bits per heavy atom. The topological polar surface area (TPSA) is 9.23 Å². The molecule has 110 valence electrons. The van der Waals surface area contributed by atoms with Crippen LogP contribution in [0.5, 0.6) is 5.75 Å². The Morgan fingerprint density at radius 2 is 2.00 bits per heavy atom. The van der Waals surface area contributed by atoms with Gasteiger partial charge in [0.05, 0.1) is 12.0 Å². The standard InChI is InChI=1S/C18H18BrClO/c1-2-21-13-8-9-14(17(19)10-13)18(20)16-11-15(16)12-6-4-3-5-7-12/h3-10,15-16,18H,2,11H2,1H3. The quantitative estimate of drug-likeness (QED) is 0.597. The summed E-state index contributed by atoms with van der Waals surface area (Å²) in [5, 5.41) is 0.0419. The predicted octanol–water partition coefficient (Wildman–Crippen LogP) is 5.93. The highest BCUT2D eigenvalue weighted by atomic mass is 79.9. The number of alkyl halides is 1. The number of benzene rings is 2. The SMILES string of the molecule is CCOc1ccc(C(Cl)C2CC2c2ccccc2)c(Br)c1. The lowest BCUT2D eigenvalue weighted by Crippen LogP contribution is -1.98. The van der Waals surface area contributed by atoms with Gasteiger partial charge >= 0.3 is 0 Å². The van der Waals surface area contributed by atoms with Crippen molar-refractivity contribution in [3.8, 4) is 5.75 Å². The predicted molar refractivity (Wildman–Crippen MR) is 91.2 cm³/mol. The van der Waals surface area contributed by atoms with Crippen molar-refractivity contribution in [2.24, 2.45) is 5.92 Å². The van der Waals surface area contributed by atoms with Crippen molar-refractivity contribution >= 4 is 27.5 Å². The minimum atomic E-state index is 0.0419. The van der Waals surface area contributed by atoms with Crippen LogP contribution in [0.25, 0.3) is 0 Å². The zero-order valence-corrected chi connectivity index (χ0v) is 14.3. The van der Waals surface area contributed by atoms with Crippen molar-refractivity contribution in [1.29, 1.82) is 0 Å². The molecule has 0 aromatic heterocycles. The van der Waals surface area contributed by atoms with E-state index in [1.165, 1.54) is 5.56 Å². The Bertz CT molecular complexity index is 614. The lowest BCUT2D eigenvalue weighted by Gasteiger charge is -2.13. The molecule has 2 aromatic carbocycles. The maximum atomic E-state index is 6.71. The molecule has 0 bridgehead atoms. The molecule has 1 aliphatic carbocycles. The minimum Gasteiger partial charge on any atom is -0.494 e. The first-order valence-electron chi connectivity index (χ1n) is 7.32. The molecule has 0 saturated heterocycles. The normalized spacial score (nSPS) is 21.9. The van der Waals surface area contributed by atoms with Crippen molar-refractivity contribution in [1.82, 2.24) is 0 Å². The smallest absolute Gasteiger partial charge is 0.120 e. The molecule has 0 heterocycles. The van der Waals surface area contributed by atoms with Gasteiger partial charge in [0.25, 0.3) is 0 Å². The lowest BCUT2D eigenvalue weighted by atomic mass is 10.0. The first-order chi connectivity index (χ1) is 10.2. The summed E-state index contributed by atoms with van der Waals surface area (Å²) in [5.41, 5.74) is 2.55. The van der Waals surface area contributed by atoms with Crippen LogP contribution in [-0.2, 0) is 0 Å². The second kappa shape index (κ2) is 6.41. The van der Waals surface area contributed by atoms with E-state index in [4.69, 9.17) is 16.3 Å². The van der Waals surface area contributed by atoms with Gasteiger partial charge in [-0.3, -0.25) is 0 Å². The van der Waals surface area contributed by atoms with Crippen LogP contribution in [0.2, 0.25) is 0 Å². The summed E-state index contributed by atoms with van der Waals surface area (Å²) in [7, 11) is 0. The third-order valence-electron chi connectivity index (χ3n) is 4.02. The Kier molecular flexibility index (Phi) is 4.56. The number of ether oxygens (including phenoxy) is 1.